The lowest BCUT2D eigenvalue weighted by atomic mass is 9.81. The molecule has 1 saturated carbocycles. The molecule has 1 fully saturated rings. The van der Waals surface area contributed by atoms with E-state index >= 15 is 0 Å². The molecule has 2 aromatic carbocycles. The van der Waals surface area contributed by atoms with Gasteiger partial charge in [0.1, 0.15) is 17.7 Å². The molecule has 0 aliphatic heterocycles. The largest absolute Gasteiger partial charge is 0.488 e. The van der Waals surface area contributed by atoms with E-state index in [2.05, 4.69) is 12.1 Å². The molecule has 110 valence electrons. The van der Waals surface area contributed by atoms with Gasteiger partial charge in [0.25, 0.3) is 0 Å². The number of hydrogen-bond donors (Lipinski definition) is 1. The van der Waals surface area contributed by atoms with E-state index in [-0.39, 0.29) is 11.9 Å². The van der Waals surface area contributed by atoms with Gasteiger partial charge in [-0.05, 0) is 42.9 Å². The Hall–Kier alpha value is -1.87. The Morgan fingerprint density at radius 3 is 2.57 bits per heavy atom. The molecule has 1 N–H and O–H groups in total. The second kappa shape index (κ2) is 6.27. The molecule has 0 radical (unpaired) electrons. The van der Waals surface area contributed by atoms with Crippen LogP contribution < -0.4 is 4.74 Å². The van der Waals surface area contributed by atoms with E-state index in [0.717, 1.165) is 12.8 Å². The molecule has 3 unspecified atom stereocenters. The average Bonchev–Trinajstić information content (AvgIpc) is 2.50. The van der Waals surface area contributed by atoms with Crippen molar-refractivity contribution in [3.05, 3.63) is 66.0 Å². The highest BCUT2D eigenvalue weighted by Gasteiger charge is 2.31. The summed E-state index contributed by atoms with van der Waals surface area (Å²) >= 11 is 0. The fourth-order valence-electron chi connectivity index (χ4n) is 2.98. The predicted octanol–water partition coefficient (Wildman–Crippen LogP) is 3.90. The van der Waals surface area contributed by atoms with Crippen LogP contribution in [0.5, 0.6) is 5.75 Å². The summed E-state index contributed by atoms with van der Waals surface area (Å²) in [5, 5.41) is 10.1. The molecule has 0 heterocycles. The van der Waals surface area contributed by atoms with Crippen molar-refractivity contribution in [1.29, 1.82) is 0 Å². The predicted molar refractivity (Wildman–Crippen MR) is 79.9 cm³/mol. The Morgan fingerprint density at radius 1 is 1.00 bits per heavy atom. The summed E-state index contributed by atoms with van der Waals surface area (Å²) in [7, 11) is 0. The van der Waals surface area contributed by atoms with Gasteiger partial charge in [-0.3, -0.25) is 0 Å². The van der Waals surface area contributed by atoms with Gasteiger partial charge in [-0.25, -0.2) is 4.39 Å². The second-order valence-electron chi connectivity index (χ2n) is 5.60. The molecular formula is C18H19FO2. The quantitative estimate of drug-likeness (QED) is 0.927. The summed E-state index contributed by atoms with van der Waals surface area (Å²) in [6.07, 6.45) is 1.63. The van der Waals surface area contributed by atoms with Crippen molar-refractivity contribution in [1.82, 2.24) is 0 Å². The van der Waals surface area contributed by atoms with Gasteiger partial charge in [0.2, 0.25) is 0 Å². The lowest BCUT2D eigenvalue weighted by Gasteiger charge is -2.33. The van der Waals surface area contributed by atoms with Gasteiger partial charge in [-0.15, -0.1) is 0 Å². The molecule has 0 amide bonds. The Kier molecular flexibility index (Phi) is 4.20. The van der Waals surface area contributed by atoms with Crippen LogP contribution in [-0.2, 0) is 0 Å². The third-order valence-corrected chi connectivity index (χ3v) is 4.11. The number of ether oxygens (including phenoxy) is 1. The highest BCUT2D eigenvalue weighted by Crippen LogP contribution is 2.35. The molecule has 3 atom stereocenters. The number of benzene rings is 2. The number of hydrogen-bond acceptors (Lipinski definition) is 2. The van der Waals surface area contributed by atoms with Crippen molar-refractivity contribution in [2.75, 3.05) is 0 Å². The molecule has 3 heteroatoms. The molecule has 0 bridgehead atoms. The maximum Gasteiger partial charge on any atom is 0.126 e. The smallest absolute Gasteiger partial charge is 0.126 e. The Labute approximate surface area is 124 Å². The maximum absolute atomic E-state index is 13.2. The molecule has 2 aromatic rings. The van der Waals surface area contributed by atoms with Crippen LogP contribution >= 0.6 is 0 Å². The average molecular weight is 286 g/mol. The summed E-state index contributed by atoms with van der Waals surface area (Å²) in [6, 6.07) is 16.4. The first-order valence-electron chi connectivity index (χ1n) is 7.37. The van der Waals surface area contributed by atoms with Gasteiger partial charge in [-0.2, -0.15) is 0 Å². The van der Waals surface area contributed by atoms with Gasteiger partial charge >= 0.3 is 0 Å². The normalized spacial score (nSPS) is 25.5. The van der Waals surface area contributed by atoms with Gasteiger partial charge in [0, 0.05) is 6.07 Å². The van der Waals surface area contributed by atoms with Crippen molar-refractivity contribution in [3.8, 4) is 5.75 Å². The fourth-order valence-corrected chi connectivity index (χ4v) is 2.98. The molecule has 0 saturated heterocycles. The van der Waals surface area contributed by atoms with Crippen LogP contribution in [0.2, 0.25) is 0 Å². The van der Waals surface area contributed by atoms with E-state index in [9.17, 15) is 9.50 Å². The first kappa shape index (κ1) is 14.1. The van der Waals surface area contributed by atoms with Crippen molar-refractivity contribution in [3.63, 3.8) is 0 Å². The topological polar surface area (TPSA) is 29.5 Å². The molecular weight excluding hydrogens is 267 g/mol. The number of halogens is 1. The minimum absolute atomic E-state index is 0.286. The zero-order chi connectivity index (χ0) is 14.7. The molecule has 1 aliphatic rings. The minimum Gasteiger partial charge on any atom is -0.488 e. The third kappa shape index (κ3) is 3.42. The van der Waals surface area contributed by atoms with E-state index in [4.69, 9.17) is 4.74 Å². The van der Waals surface area contributed by atoms with Crippen LogP contribution in [0.4, 0.5) is 4.39 Å². The molecule has 0 spiro atoms. The maximum atomic E-state index is 13.2. The number of aliphatic hydroxyl groups is 1. The standard InChI is InChI=1S/C18H19FO2/c19-15-7-4-8-16(12-15)21-18-11-14(9-10-17(18)20)13-5-2-1-3-6-13/h1-8,12,14,17-18,20H,9-11H2. The van der Waals surface area contributed by atoms with E-state index in [0.29, 0.717) is 18.1 Å². The van der Waals surface area contributed by atoms with E-state index < -0.39 is 6.10 Å². The van der Waals surface area contributed by atoms with Crippen molar-refractivity contribution < 1.29 is 14.2 Å². The molecule has 3 rings (SSSR count). The summed E-state index contributed by atoms with van der Waals surface area (Å²) in [4.78, 5) is 0. The van der Waals surface area contributed by atoms with Gasteiger partial charge < -0.3 is 9.84 Å². The summed E-state index contributed by atoms with van der Waals surface area (Å²) in [6.45, 7) is 0. The van der Waals surface area contributed by atoms with Crippen LogP contribution in [0.3, 0.4) is 0 Å². The fraction of sp³-hybridized carbons (Fsp3) is 0.333. The molecule has 0 aromatic heterocycles. The van der Waals surface area contributed by atoms with E-state index in [1.807, 2.05) is 18.2 Å². The molecule has 2 nitrogen and oxygen atoms in total. The van der Waals surface area contributed by atoms with Crippen molar-refractivity contribution in [2.24, 2.45) is 0 Å². The van der Waals surface area contributed by atoms with Gasteiger partial charge in [0.05, 0.1) is 6.10 Å². The van der Waals surface area contributed by atoms with Crippen LogP contribution in [0.1, 0.15) is 30.7 Å². The van der Waals surface area contributed by atoms with Crippen LogP contribution in [0.15, 0.2) is 54.6 Å². The lowest BCUT2D eigenvalue weighted by molar-refractivity contribution is 0.000271. The zero-order valence-electron chi connectivity index (χ0n) is 11.8. The second-order valence-corrected chi connectivity index (χ2v) is 5.60. The highest BCUT2D eigenvalue weighted by atomic mass is 19.1. The van der Waals surface area contributed by atoms with Gasteiger partial charge in [-0.1, -0.05) is 36.4 Å². The van der Waals surface area contributed by atoms with Gasteiger partial charge in [0.15, 0.2) is 0 Å². The van der Waals surface area contributed by atoms with Crippen LogP contribution in [-0.4, -0.2) is 17.3 Å². The van der Waals surface area contributed by atoms with E-state index in [1.54, 1.807) is 12.1 Å². The molecule has 1 aliphatic carbocycles. The monoisotopic (exact) mass is 286 g/mol. The summed E-state index contributed by atoms with van der Waals surface area (Å²) in [5.74, 6) is 0.540. The van der Waals surface area contributed by atoms with Crippen LogP contribution in [0.25, 0.3) is 0 Å². The third-order valence-electron chi connectivity index (χ3n) is 4.11. The molecule has 21 heavy (non-hydrogen) atoms. The van der Waals surface area contributed by atoms with Crippen LogP contribution in [0, 0.1) is 5.82 Å². The Bertz CT molecular complexity index is 585. The summed E-state index contributed by atoms with van der Waals surface area (Å²) < 4.78 is 19.0. The Morgan fingerprint density at radius 2 is 1.81 bits per heavy atom. The number of aliphatic hydroxyl groups excluding tert-OH is 1. The zero-order valence-corrected chi connectivity index (χ0v) is 11.8. The Balaban J connectivity index is 1.72. The first-order chi connectivity index (χ1) is 10.2. The number of rotatable bonds is 3. The first-order valence-corrected chi connectivity index (χ1v) is 7.37. The summed E-state index contributed by atoms with van der Waals surface area (Å²) in [5.41, 5.74) is 1.28. The van der Waals surface area contributed by atoms with Crippen molar-refractivity contribution in [2.45, 2.75) is 37.4 Å². The SMILES string of the molecule is OC1CCC(c2ccccc2)CC1Oc1cccc(F)c1. The van der Waals surface area contributed by atoms with E-state index in [1.165, 1.54) is 17.7 Å². The highest BCUT2D eigenvalue weighted by molar-refractivity contribution is 5.24. The van der Waals surface area contributed by atoms with Crippen molar-refractivity contribution >= 4 is 0 Å². The lowest BCUT2D eigenvalue weighted by Crippen LogP contribution is -2.37. The minimum atomic E-state index is -0.492.